The van der Waals surface area contributed by atoms with Crippen molar-refractivity contribution in [2.45, 2.75) is 32.9 Å². The highest BCUT2D eigenvalue weighted by Crippen LogP contribution is 2.26. The minimum Gasteiger partial charge on any atom is -0.491 e. The zero-order chi connectivity index (χ0) is 22.5. The Hall–Kier alpha value is -2.91. The van der Waals surface area contributed by atoms with Gasteiger partial charge in [0.25, 0.3) is 11.8 Å². The maximum absolute atomic E-state index is 13.1. The second kappa shape index (κ2) is 9.93. The third kappa shape index (κ3) is 5.62. The minimum absolute atomic E-state index is 0.0661. The summed E-state index contributed by atoms with van der Waals surface area (Å²) in [6, 6.07) is 6.60. The van der Waals surface area contributed by atoms with Crippen molar-refractivity contribution >= 4 is 17.5 Å². The van der Waals surface area contributed by atoms with Gasteiger partial charge in [0.1, 0.15) is 18.1 Å². The number of likely N-dealkylation sites (N-methyl/N-ethyl adjacent to an activating group) is 1. The Morgan fingerprint density at radius 1 is 1.32 bits per heavy atom. The van der Waals surface area contributed by atoms with Gasteiger partial charge >= 0.3 is 0 Å². The molecule has 0 bridgehead atoms. The lowest BCUT2D eigenvalue weighted by molar-refractivity contribution is 0.0281. The Balaban J connectivity index is 1.86. The van der Waals surface area contributed by atoms with Crippen molar-refractivity contribution in [2.75, 3.05) is 39.2 Å². The van der Waals surface area contributed by atoms with Crippen LogP contribution in [-0.2, 0) is 4.74 Å². The lowest BCUT2D eigenvalue weighted by atomic mass is 10.0. The third-order valence-corrected chi connectivity index (χ3v) is 5.35. The van der Waals surface area contributed by atoms with E-state index in [9.17, 15) is 9.59 Å². The molecule has 0 aliphatic carbocycles. The van der Waals surface area contributed by atoms with Crippen molar-refractivity contribution in [1.82, 2.24) is 15.4 Å². The van der Waals surface area contributed by atoms with Crippen LogP contribution in [0.4, 0.5) is 5.69 Å². The number of rotatable bonds is 3. The van der Waals surface area contributed by atoms with Gasteiger partial charge in [-0.2, -0.15) is 0 Å². The highest BCUT2D eigenvalue weighted by Gasteiger charge is 2.25. The number of nitrogens with one attached hydrogen (secondary N) is 2. The smallest absolute Gasteiger partial charge is 0.277 e. The summed E-state index contributed by atoms with van der Waals surface area (Å²) in [4.78, 5) is 27.2. The molecule has 9 heteroatoms. The third-order valence-electron chi connectivity index (χ3n) is 5.35. The number of fused-ring (bicyclic) bond motifs is 1. The lowest BCUT2D eigenvalue weighted by Gasteiger charge is -2.30. The standard InChI is InChI=1S/C22H30N4O5/c1-13-10-23-14(2)12-30-19-9-16(24-21(27)18-8-15(3)31-25-18)6-7-17(19)22(28)26(4)11-20(13)29-5/h6-9,13-14,20,23H,10-12H2,1-5H3,(H,24,27)/t13-,14-,20+/m1/s1. The molecule has 2 amide bonds. The van der Waals surface area contributed by atoms with Gasteiger partial charge in [-0.25, -0.2) is 0 Å². The van der Waals surface area contributed by atoms with E-state index in [-0.39, 0.29) is 29.7 Å². The van der Waals surface area contributed by atoms with Gasteiger partial charge in [0.15, 0.2) is 5.69 Å². The van der Waals surface area contributed by atoms with Crippen molar-refractivity contribution < 1.29 is 23.6 Å². The monoisotopic (exact) mass is 430 g/mol. The number of methoxy groups -OCH3 is 1. The van der Waals surface area contributed by atoms with E-state index in [1.165, 1.54) is 0 Å². The van der Waals surface area contributed by atoms with Crippen LogP contribution in [0.15, 0.2) is 28.8 Å². The minimum atomic E-state index is -0.402. The zero-order valence-electron chi connectivity index (χ0n) is 18.6. The number of benzene rings is 1. The molecule has 2 aromatic rings. The van der Waals surface area contributed by atoms with Crippen LogP contribution in [0.1, 0.15) is 40.5 Å². The molecule has 0 saturated carbocycles. The molecule has 3 rings (SSSR count). The molecule has 0 spiro atoms. The van der Waals surface area contributed by atoms with E-state index >= 15 is 0 Å². The van der Waals surface area contributed by atoms with Gasteiger partial charge < -0.3 is 29.5 Å². The van der Waals surface area contributed by atoms with E-state index in [1.807, 2.05) is 6.92 Å². The molecule has 2 heterocycles. The lowest BCUT2D eigenvalue weighted by Crippen LogP contribution is -2.44. The first-order valence-electron chi connectivity index (χ1n) is 10.3. The first-order valence-corrected chi connectivity index (χ1v) is 10.3. The molecule has 0 radical (unpaired) electrons. The number of carbonyl (C=O) groups excluding carboxylic acids is 2. The number of ether oxygens (including phenoxy) is 2. The fraction of sp³-hybridized carbons (Fsp3) is 0.500. The number of carbonyl (C=O) groups is 2. The molecule has 31 heavy (non-hydrogen) atoms. The van der Waals surface area contributed by atoms with E-state index in [0.29, 0.717) is 35.9 Å². The van der Waals surface area contributed by atoms with Crippen LogP contribution < -0.4 is 15.4 Å². The molecular weight excluding hydrogens is 400 g/mol. The second-order valence-electron chi connectivity index (χ2n) is 8.05. The summed E-state index contributed by atoms with van der Waals surface area (Å²) in [7, 11) is 3.41. The van der Waals surface area contributed by atoms with Gasteiger partial charge in [-0.15, -0.1) is 0 Å². The zero-order valence-corrected chi connectivity index (χ0v) is 18.6. The van der Waals surface area contributed by atoms with Gasteiger partial charge in [-0.3, -0.25) is 9.59 Å². The molecule has 0 unspecified atom stereocenters. The molecule has 168 valence electrons. The van der Waals surface area contributed by atoms with Gasteiger partial charge in [0.05, 0.1) is 11.7 Å². The summed E-state index contributed by atoms with van der Waals surface area (Å²) in [6.45, 7) is 7.39. The van der Waals surface area contributed by atoms with Crippen LogP contribution in [-0.4, -0.2) is 67.9 Å². The summed E-state index contributed by atoms with van der Waals surface area (Å²) in [5.74, 6) is 0.599. The average Bonchev–Trinajstić information content (AvgIpc) is 3.19. The Kier molecular flexibility index (Phi) is 7.29. The first kappa shape index (κ1) is 22.8. The Morgan fingerprint density at radius 3 is 2.77 bits per heavy atom. The summed E-state index contributed by atoms with van der Waals surface area (Å²) >= 11 is 0. The number of nitrogens with zero attached hydrogens (tertiary/aromatic N) is 2. The SMILES string of the molecule is CO[C@H]1CN(C)C(=O)c2ccc(NC(=O)c3cc(C)on3)cc2OC[C@@H](C)NC[C@H]1C. The molecule has 2 N–H and O–H groups in total. The van der Waals surface area contributed by atoms with Gasteiger partial charge in [-0.05, 0) is 31.9 Å². The Labute approximate surface area is 182 Å². The highest BCUT2D eigenvalue weighted by molar-refractivity contribution is 6.03. The predicted molar refractivity (Wildman–Crippen MR) is 116 cm³/mol. The number of hydrogen-bond donors (Lipinski definition) is 2. The Morgan fingerprint density at radius 2 is 2.10 bits per heavy atom. The Bertz CT molecular complexity index is 928. The number of hydrogen-bond acceptors (Lipinski definition) is 7. The molecule has 3 atom stereocenters. The normalized spacial score (nSPS) is 22.7. The van der Waals surface area contributed by atoms with Crippen LogP contribution in [0.3, 0.4) is 0 Å². The van der Waals surface area contributed by atoms with Crippen LogP contribution in [0.5, 0.6) is 5.75 Å². The van der Waals surface area contributed by atoms with Crippen LogP contribution in [0, 0.1) is 12.8 Å². The van der Waals surface area contributed by atoms with Crippen molar-refractivity contribution in [1.29, 1.82) is 0 Å². The number of aromatic nitrogens is 1. The number of aryl methyl sites for hydroxylation is 1. The fourth-order valence-corrected chi connectivity index (χ4v) is 3.40. The topological polar surface area (TPSA) is 106 Å². The summed E-state index contributed by atoms with van der Waals surface area (Å²) in [5.41, 5.74) is 1.10. The quantitative estimate of drug-likeness (QED) is 0.770. The van der Waals surface area contributed by atoms with E-state index in [4.69, 9.17) is 14.0 Å². The summed E-state index contributed by atoms with van der Waals surface area (Å²) < 4.78 is 16.6. The van der Waals surface area contributed by atoms with Crippen LogP contribution >= 0.6 is 0 Å². The number of amides is 2. The largest absolute Gasteiger partial charge is 0.491 e. The van der Waals surface area contributed by atoms with E-state index in [0.717, 1.165) is 6.54 Å². The molecule has 1 aliphatic rings. The van der Waals surface area contributed by atoms with Gasteiger partial charge in [0, 0.05) is 51.1 Å². The molecule has 1 aromatic heterocycles. The van der Waals surface area contributed by atoms with E-state index in [1.54, 1.807) is 50.2 Å². The van der Waals surface area contributed by atoms with Crippen molar-refractivity contribution in [2.24, 2.45) is 5.92 Å². The predicted octanol–water partition coefficient (Wildman–Crippen LogP) is 2.33. The molecule has 0 saturated heterocycles. The van der Waals surface area contributed by atoms with Crippen LogP contribution in [0.2, 0.25) is 0 Å². The van der Waals surface area contributed by atoms with E-state index in [2.05, 4.69) is 22.7 Å². The van der Waals surface area contributed by atoms with Gasteiger partial charge in [-0.1, -0.05) is 12.1 Å². The van der Waals surface area contributed by atoms with Gasteiger partial charge in [0.2, 0.25) is 0 Å². The second-order valence-corrected chi connectivity index (χ2v) is 8.05. The van der Waals surface area contributed by atoms with Crippen molar-refractivity contribution in [3.63, 3.8) is 0 Å². The molecular formula is C22H30N4O5. The van der Waals surface area contributed by atoms with E-state index < -0.39 is 5.91 Å². The number of anilines is 1. The fourth-order valence-electron chi connectivity index (χ4n) is 3.40. The van der Waals surface area contributed by atoms with Crippen molar-refractivity contribution in [3.8, 4) is 5.75 Å². The molecule has 1 aliphatic heterocycles. The van der Waals surface area contributed by atoms with Crippen LogP contribution in [0.25, 0.3) is 0 Å². The maximum Gasteiger partial charge on any atom is 0.277 e. The van der Waals surface area contributed by atoms with Crippen molar-refractivity contribution in [3.05, 3.63) is 41.3 Å². The first-order chi connectivity index (χ1) is 14.8. The summed E-state index contributed by atoms with van der Waals surface area (Å²) in [6.07, 6.45) is -0.0954. The molecule has 1 aromatic carbocycles. The maximum atomic E-state index is 13.1. The molecule has 9 nitrogen and oxygen atoms in total. The molecule has 0 fully saturated rings. The highest BCUT2D eigenvalue weighted by atomic mass is 16.5. The average molecular weight is 431 g/mol. The summed E-state index contributed by atoms with van der Waals surface area (Å²) in [5, 5.41) is 9.93.